The Balaban J connectivity index is 1.58. The number of esters is 1. The molecule has 0 saturated heterocycles. The van der Waals surface area contributed by atoms with Gasteiger partial charge in [-0.25, -0.2) is 0 Å². The highest BCUT2D eigenvalue weighted by atomic mass is 16.5. The largest absolute Gasteiger partial charge is 0.447 e. The van der Waals surface area contributed by atoms with E-state index in [-0.39, 0.29) is 11.9 Å². The van der Waals surface area contributed by atoms with Crippen LogP contribution in [-0.4, -0.2) is 27.5 Å². The van der Waals surface area contributed by atoms with Gasteiger partial charge in [0.25, 0.3) is 0 Å². The summed E-state index contributed by atoms with van der Waals surface area (Å²) < 4.78 is 5.13. The second-order valence-corrected chi connectivity index (χ2v) is 4.55. The summed E-state index contributed by atoms with van der Waals surface area (Å²) in [5.41, 5.74) is 0.899. The van der Waals surface area contributed by atoms with Gasteiger partial charge in [0.15, 0.2) is 6.10 Å². The SMILES string of the molecule is N#CC(OC(=O)CCCCc1cn[nH]n1)C1CC1. The Morgan fingerprint density at radius 3 is 3.06 bits per heavy atom. The highest BCUT2D eigenvalue weighted by Crippen LogP contribution is 2.34. The summed E-state index contributed by atoms with van der Waals surface area (Å²) in [7, 11) is 0. The maximum absolute atomic E-state index is 11.5. The van der Waals surface area contributed by atoms with E-state index in [9.17, 15) is 4.79 Å². The van der Waals surface area contributed by atoms with E-state index in [4.69, 9.17) is 10.00 Å². The maximum atomic E-state index is 11.5. The second kappa shape index (κ2) is 6.15. The minimum Gasteiger partial charge on any atom is -0.447 e. The molecular formula is C12H16N4O2. The molecule has 1 saturated carbocycles. The van der Waals surface area contributed by atoms with Gasteiger partial charge in [-0.2, -0.15) is 20.7 Å². The molecule has 0 bridgehead atoms. The average Bonchev–Trinajstić information content (AvgIpc) is 3.08. The quantitative estimate of drug-likeness (QED) is 0.581. The first-order valence-corrected chi connectivity index (χ1v) is 6.23. The van der Waals surface area contributed by atoms with Crippen LogP contribution in [-0.2, 0) is 16.0 Å². The van der Waals surface area contributed by atoms with Gasteiger partial charge < -0.3 is 4.74 Å². The zero-order valence-electron chi connectivity index (χ0n) is 10.1. The monoisotopic (exact) mass is 248 g/mol. The van der Waals surface area contributed by atoms with Crippen LogP contribution in [0.4, 0.5) is 0 Å². The van der Waals surface area contributed by atoms with E-state index in [1.807, 2.05) is 6.07 Å². The van der Waals surface area contributed by atoms with Crippen molar-refractivity contribution in [3.63, 3.8) is 0 Å². The van der Waals surface area contributed by atoms with Gasteiger partial charge in [0.05, 0.1) is 11.9 Å². The minimum absolute atomic E-state index is 0.270. The Kier molecular flexibility index (Phi) is 4.29. The number of ether oxygens (including phenoxy) is 1. The molecule has 1 aliphatic rings. The highest BCUT2D eigenvalue weighted by molar-refractivity contribution is 5.69. The summed E-state index contributed by atoms with van der Waals surface area (Å²) in [5.74, 6) is 0.00248. The lowest BCUT2D eigenvalue weighted by Gasteiger charge is -2.09. The smallest absolute Gasteiger partial charge is 0.307 e. The summed E-state index contributed by atoms with van der Waals surface area (Å²) in [6.45, 7) is 0. The summed E-state index contributed by atoms with van der Waals surface area (Å²) >= 11 is 0. The molecule has 1 aliphatic carbocycles. The Bertz CT molecular complexity index is 420. The van der Waals surface area contributed by atoms with Crippen LogP contribution in [0.1, 0.15) is 37.8 Å². The van der Waals surface area contributed by atoms with Crippen molar-refractivity contribution in [1.29, 1.82) is 5.26 Å². The van der Waals surface area contributed by atoms with Crippen LogP contribution in [0.3, 0.4) is 0 Å². The summed E-state index contributed by atoms with van der Waals surface area (Å²) in [5, 5.41) is 19.0. The predicted molar refractivity (Wildman–Crippen MR) is 62.2 cm³/mol. The van der Waals surface area contributed by atoms with Crippen molar-refractivity contribution >= 4 is 5.97 Å². The normalized spacial score (nSPS) is 15.9. The van der Waals surface area contributed by atoms with Gasteiger partial charge in [-0.05, 0) is 32.1 Å². The molecule has 1 heterocycles. The Morgan fingerprint density at radius 2 is 2.44 bits per heavy atom. The third kappa shape index (κ3) is 3.84. The van der Waals surface area contributed by atoms with Crippen molar-refractivity contribution in [2.24, 2.45) is 5.92 Å². The number of H-pyrrole nitrogens is 1. The molecule has 0 aromatic carbocycles. The Labute approximate surface area is 105 Å². The van der Waals surface area contributed by atoms with E-state index in [0.29, 0.717) is 6.42 Å². The van der Waals surface area contributed by atoms with Crippen LogP contribution in [0.15, 0.2) is 6.20 Å². The van der Waals surface area contributed by atoms with Gasteiger partial charge in [-0.1, -0.05) is 0 Å². The molecular weight excluding hydrogens is 232 g/mol. The molecule has 18 heavy (non-hydrogen) atoms. The molecule has 6 nitrogen and oxygen atoms in total. The first-order valence-electron chi connectivity index (χ1n) is 6.23. The van der Waals surface area contributed by atoms with Crippen LogP contribution < -0.4 is 0 Å². The van der Waals surface area contributed by atoms with Crippen molar-refractivity contribution in [2.45, 2.75) is 44.6 Å². The molecule has 1 aromatic rings. The van der Waals surface area contributed by atoms with E-state index < -0.39 is 6.10 Å². The molecule has 0 amide bonds. The fourth-order valence-electron chi connectivity index (χ4n) is 1.75. The fourth-order valence-corrected chi connectivity index (χ4v) is 1.75. The zero-order valence-corrected chi connectivity index (χ0v) is 10.1. The van der Waals surface area contributed by atoms with Crippen LogP contribution in [0.5, 0.6) is 0 Å². The lowest BCUT2D eigenvalue weighted by Crippen LogP contribution is -2.18. The van der Waals surface area contributed by atoms with Crippen LogP contribution in [0.2, 0.25) is 0 Å². The standard InChI is InChI=1S/C12H16N4O2/c13-7-11(9-5-6-9)18-12(17)4-2-1-3-10-8-14-16-15-10/h8-9,11H,1-6H2,(H,14,15,16). The van der Waals surface area contributed by atoms with Crippen LogP contribution >= 0.6 is 0 Å². The van der Waals surface area contributed by atoms with Gasteiger partial charge in [0.1, 0.15) is 6.07 Å². The van der Waals surface area contributed by atoms with E-state index in [0.717, 1.165) is 37.8 Å². The summed E-state index contributed by atoms with van der Waals surface area (Å²) in [6.07, 6.45) is 5.91. The average molecular weight is 248 g/mol. The highest BCUT2D eigenvalue weighted by Gasteiger charge is 2.33. The predicted octanol–water partition coefficient (Wildman–Crippen LogP) is 1.36. The number of nitriles is 1. The topological polar surface area (TPSA) is 91.7 Å². The molecule has 1 unspecified atom stereocenters. The molecule has 0 aliphatic heterocycles. The van der Waals surface area contributed by atoms with Crippen molar-refractivity contribution in [2.75, 3.05) is 0 Å². The van der Waals surface area contributed by atoms with Gasteiger partial charge in [0.2, 0.25) is 0 Å². The zero-order chi connectivity index (χ0) is 12.8. The second-order valence-electron chi connectivity index (χ2n) is 4.55. The van der Waals surface area contributed by atoms with Gasteiger partial charge in [0, 0.05) is 12.3 Å². The number of hydrogen-bond donors (Lipinski definition) is 1. The van der Waals surface area contributed by atoms with Crippen molar-refractivity contribution in [1.82, 2.24) is 15.4 Å². The lowest BCUT2D eigenvalue weighted by atomic mass is 10.1. The number of nitrogens with zero attached hydrogens (tertiary/aromatic N) is 3. The van der Waals surface area contributed by atoms with E-state index in [2.05, 4.69) is 15.4 Å². The fraction of sp³-hybridized carbons (Fsp3) is 0.667. The Hall–Kier alpha value is -1.90. The molecule has 1 aromatic heterocycles. The van der Waals surface area contributed by atoms with Crippen LogP contribution in [0, 0.1) is 17.2 Å². The molecule has 6 heteroatoms. The van der Waals surface area contributed by atoms with Gasteiger partial charge in [-0.15, -0.1) is 0 Å². The molecule has 1 fully saturated rings. The van der Waals surface area contributed by atoms with E-state index >= 15 is 0 Å². The number of rotatable bonds is 7. The van der Waals surface area contributed by atoms with Crippen LogP contribution in [0.25, 0.3) is 0 Å². The number of carbonyl (C=O) groups excluding carboxylic acids is 1. The van der Waals surface area contributed by atoms with Gasteiger partial charge in [-0.3, -0.25) is 4.79 Å². The molecule has 96 valence electrons. The summed E-state index contributed by atoms with van der Waals surface area (Å²) in [4.78, 5) is 11.5. The molecule has 1 N–H and O–H groups in total. The number of aromatic amines is 1. The summed E-state index contributed by atoms with van der Waals surface area (Å²) in [6, 6.07) is 2.04. The number of unbranched alkanes of at least 4 members (excludes halogenated alkanes) is 1. The molecule has 1 atom stereocenters. The number of aryl methyl sites for hydroxylation is 1. The van der Waals surface area contributed by atoms with Gasteiger partial charge >= 0.3 is 5.97 Å². The number of carbonyl (C=O) groups is 1. The van der Waals surface area contributed by atoms with Crippen molar-refractivity contribution in [3.05, 3.63) is 11.9 Å². The number of hydrogen-bond acceptors (Lipinski definition) is 5. The van der Waals surface area contributed by atoms with Crippen molar-refractivity contribution < 1.29 is 9.53 Å². The molecule has 0 spiro atoms. The lowest BCUT2D eigenvalue weighted by molar-refractivity contribution is -0.147. The third-order valence-electron chi connectivity index (χ3n) is 2.96. The van der Waals surface area contributed by atoms with Crippen molar-refractivity contribution in [3.8, 4) is 6.07 Å². The molecule has 2 rings (SSSR count). The molecule has 0 radical (unpaired) electrons. The minimum atomic E-state index is -0.534. The first-order chi connectivity index (χ1) is 8.79. The maximum Gasteiger partial charge on any atom is 0.307 e. The van der Waals surface area contributed by atoms with E-state index in [1.165, 1.54) is 0 Å². The third-order valence-corrected chi connectivity index (χ3v) is 2.96. The number of nitrogens with one attached hydrogen (secondary N) is 1. The van der Waals surface area contributed by atoms with E-state index in [1.54, 1.807) is 6.20 Å². The Morgan fingerprint density at radius 1 is 1.61 bits per heavy atom. The first kappa shape index (κ1) is 12.6. The number of aromatic nitrogens is 3.